The number of hydrogen-bond donors (Lipinski definition) is 0. The van der Waals surface area contributed by atoms with Crippen LogP contribution in [-0.2, 0) is 14.3 Å². The molecule has 1 amide bonds. The number of carbonyl (C=O) groups excluding carboxylic acids is 2. The number of para-hydroxylation sites is 1. The van der Waals surface area contributed by atoms with Crippen molar-refractivity contribution in [2.75, 3.05) is 7.11 Å². The lowest BCUT2D eigenvalue weighted by Crippen LogP contribution is -2.28. The van der Waals surface area contributed by atoms with Gasteiger partial charge in [0.1, 0.15) is 0 Å². The summed E-state index contributed by atoms with van der Waals surface area (Å²) in [6, 6.07) is 21.7. The third-order valence-corrected chi connectivity index (χ3v) is 6.29. The molecule has 4 rings (SSSR count). The predicted octanol–water partition coefficient (Wildman–Crippen LogP) is 5.53. The standard InChI is InChI=1S/C28H28N2O3/c1-18-16-23(20(3)29(18)24-14-10-7-11-15-24)17-25-26(28(32)33-5)21(4)30(27(25)31)19(2)22-12-8-6-9-13-22/h6-17,19H,1-5H3/b25-17-/t19-/m0/s1. The van der Waals surface area contributed by atoms with Gasteiger partial charge in [-0.2, -0.15) is 0 Å². The van der Waals surface area contributed by atoms with Crippen molar-refractivity contribution in [2.45, 2.75) is 33.7 Å². The van der Waals surface area contributed by atoms with E-state index >= 15 is 0 Å². The summed E-state index contributed by atoms with van der Waals surface area (Å²) in [7, 11) is 1.34. The molecule has 1 aromatic heterocycles. The van der Waals surface area contributed by atoms with Gasteiger partial charge in [-0.1, -0.05) is 48.5 Å². The first-order valence-electron chi connectivity index (χ1n) is 11.0. The molecule has 0 bridgehead atoms. The Labute approximate surface area is 194 Å². The fraction of sp³-hybridized carbons (Fsp3) is 0.214. The van der Waals surface area contributed by atoms with Crippen molar-refractivity contribution >= 4 is 18.0 Å². The SMILES string of the molecule is COC(=O)C1=C(C)N([C@@H](C)c2ccccc2)C(=O)/C1=C\c1cc(C)n(-c2ccccc2)c1C. The molecule has 2 heterocycles. The summed E-state index contributed by atoms with van der Waals surface area (Å²) >= 11 is 0. The summed E-state index contributed by atoms with van der Waals surface area (Å²) in [5.74, 6) is -0.708. The van der Waals surface area contributed by atoms with E-state index in [1.54, 1.807) is 11.8 Å². The molecule has 0 saturated heterocycles. The van der Waals surface area contributed by atoms with Crippen LogP contribution in [-0.4, -0.2) is 28.5 Å². The summed E-state index contributed by atoms with van der Waals surface area (Å²) in [6.45, 7) is 7.82. The molecule has 0 N–H and O–H groups in total. The highest BCUT2D eigenvalue weighted by molar-refractivity contribution is 6.16. The maximum atomic E-state index is 13.6. The molecule has 5 heteroatoms. The number of methoxy groups -OCH3 is 1. The van der Waals surface area contributed by atoms with Crippen LogP contribution < -0.4 is 0 Å². The van der Waals surface area contributed by atoms with Crippen LogP contribution >= 0.6 is 0 Å². The van der Waals surface area contributed by atoms with E-state index in [9.17, 15) is 9.59 Å². The number of amides is 1. The first-order valence-corrected chi connectivity index (χ1v) is 11.0. The monoisotopic (exact) mass is 440 g/mol. The number of nitrogens with zero attached hydrogens (tertiary/aromatic N) is 2. The number of hydrogen-bond acceptors (Lipinski definition) is 3. The van der Waals surface area contributed by atoms with E-state index in [1.807, 2.05) is 93.6 Å². The van der Waals surface area contributed by atoms with Gasteiger partial charge in [-0.3, -0.25) is 4.79 Å². The lowest BCUT2D eigenvalue weighted by Gasteiger charge is -2.26. The molecule has 2 aromatic carbocycles. The van der Waals surface area contributed by atoms with Crippen LogP contribution in [0.5, 0.6) is 0 Å². The second-order valence-corrected chi connectivity index (χ2v) is 8.27. The van der Waals surface area contributed by atoms with Crippen LogP contribution in [0.2, 0.25) is 0 Å². The Bertz CT molecular complexity index is 1270. The van der Waals surface area contributed by atoms with E-state index in [0.717, 1.165) is 28.2 Å². The molecule has 33 heavy (non-hydrogen) atoms. The van der Waals surface area contributed by atoms with Crippen LogP contribution in [0.1, 0.15) is 42.4 Å². The molecule has 0 saturated carbocycles. The summed E-state index contributed by atoms with van der Waals surface area (Å²) in [6.07, 6.45) is 1.82. The fourth-order valence-corrected chi connectivity index (χ4v) is 4.61. The highest BCUT2D eigenvalue weighted by Gasteiger charge is 2.39. The van der Waals surface area contributed by atoms with Crippen LogP contribution in [0.15, 0.2) is 83.6 Å². The zero-order valence-corrected chi connectivity index (χ0v) is 19.6. The van der Waals surface area contributed by atoms with Gasteiger partial charge in [-0.05, 0) is 63.1 Å². The Morgan fingerprint density at radius 2 is 1.58 bits per heavy atom. The summed E-state index contributed by atoms with van der Waals surface area (Å²) < 4.78 is 7.20. The summed E-state index contributed by atoms with van der Waals surface area (Å²) in [5.41, 5.74) is 6.26. The lowest BCUT2D eigenvalue weighted by atomic mass is 10.0. The molecular weight excluding hydrogens is 412 g/mol. The summed E-state index contributed by atoms with van der Waals surface area (Å²) in [4.78, 5) is 28.1. The van der Waals surface area contributed by atoms with Crippen molar-refractivity contribution in [2.24, 2.45) is 0 Å². The fourth-order valence-electron chi connectivity index (χ4n) is 4.61. The van der Waals surface area contributed by atoms with E-state index in [-0.39, 0.29) is 11.9 Å². The zero-order chi connectivity index (χ0) is 23.7. The van der Waals surface area contributed by atoms with Gasteiger partial charge >= 0.3 is 5.97 Å². The van der Waals surface area contributed by atoms with Crippen LogP contribution in [0, 0.1) is 13.8 Å². The topological polar surface area (TPSA) is 51.5 Å². The van der Waals surface area contributed by atoms with Gasteiger partial charge in [0.15, 0.2) is 0 Å². The number of allylic oxidation sites excluding steroid dienone is 1. The average molecular weight is 441 g/mol. The zero-order valence-electron chi connectivity index (χ0n) is 19.6. The van der Waals surface area contributed by atoms with E-state index < -0.39 is 5.97 Å². The number of aryl methyl sites for hydroxylation is 1. The molecule has 5 nitrogen and oxygen atoms in total. The molecule has 0 unspecified atom stereocenters. The van der Waals surface area contributed by atoms with Gasteiger partial charge in [-0.25, -0.2) is 4.79 Å². The first kappa shape index (κ1) is 22.3. The highest BCUT2D eigenvalue weighted by Crippen LogP contribution is 2.38. The predicted molar refractivity (Wildman–Crippen MR) is 130 cm³/mol. The molecule has 0 aliphatic carbocycles. The Kier molecular flexibility index (Phi) is 6.05. The second-order valence-electron chi connectivity index (χ2n) is 8.27. The Morgan fingerprint density at radius 3 is 2.18 bits per heavy atom. The number of benzene rings is 2. The maximum absolute atomic E-state index is 13.6. The van der Waals surface area contributed by atoms with Crippen LogP contribution in [0.25, 0.3) is 11.8 Å². The maximum Gasteiger partial charge on any atom is 0.340 e. The molecule has 1 atom stereocenters. The van der Waals surface area contributed by atoms with Crippen molar-refractivity contribution in [3.8, 4) is 5.69 Å². The largest absolute Gasteiger partial charge is 0.465 e. The number of esters is 1. The minimum atomic E-state index is -0.508. The highest BCUT2D eigenvalue weighted by atomic mass is 16.5. The van der Waals surface area contributed by atoms with E-state index in [2.05, 4.69) is 4.57 Å². The van der Waals surface area contributed by atoms with E-state index in [1.165, 1.54) is 7.11 Å². The number of rotatable bonds is 5. The van der Waals surface area contributed by atoms with E-state index in [4.69, 9.17) is 4.74 Å². The van der Waals surface area contributed by atoms with Gasteiger partial charge in [0, 0.05) is 22.8 Å². The number of ether oxygens (including phenoxy) is 1. The summed E-state index contributed by atoms with van der Waals surface area (Å²) in [5, 5.41) is 0. The second kappa shape index (κ2) is 8.94. The number of carbonyl (C=O) groups is 2. The molecule has 0 radical (unpaired) electrons. The van der Waals surface area contributed by atoms with Gasteiger partial charge in [0.2, 0.25) is 0 Å². The minimum Gasteiger partial charge on any atom is -0.465 e. The van der Waals surface area contributed by atoms with E-state index in [0.29, 0.717) is 16.8 Å². The Hall–Kier alpha value is -3.86. The van der Waals surface area contributed by atoms with Crippen molar-refractivity contribution in [1.29, 1.82) is 0 Å². The van der Waals surface area contributed by atoms with Crippen LogP contribution in [0.3, 0.4) is 0 Å². The van der Waals surface area contributed by atoms with Crippen molar-refractivity contribution in [1.82, 2.24) is 9.47 Å². The molecule has 1 aliphatic rings. The van der Waals surface area contributed by atoms with Crippen molar-refractivity contribution < 1.29 is 14.3 Å². The Balaban J connectivity index is 1.82. The molecule has 1 aliphatic heterocycles. The molecule has 168 valence electrons. The smallest absolute Gasteiger partial charge is 0.340 e. The van der Waals surface area contributed by atoms with Crippen molar-refractivity contribution in [3.63, 3.8) is 0 Å². The van der Waals surface area contributed by atoms with Gasteiger partial charge < -0.3 is 14.2 Å². The quantitative estimate of drug-likeness (QED) is 0.387. The Morgan fingerprint density at radius 1 is 0.970 bits per heavy atom. The third kappa shape index (κ3) is 3.91. The minimum absolute atomic E-state index is 0.200. The average Bonchev–Trinajstić information content (AvgIpc) is 3.25. The normalized spacial score (nSPS) is 16.0. The van der Waals surface area contributed by atoms with Crippen molar-refractivity contribution in [3.05, 3.63) is 106 Å². The van der Waals surface area contributed by atoms with Gasteiger partial charge in [0.05, 0.1) is 24.3 Å². The third-order valence-electron chi connectivity index (χ3n) is 6.29. The van der Waals surface area contributed by atoms with Gasteiger partial charge in [0.25, 0.3) is 5.91 Å². The molecular formula is C28H28N2O3. The van der Waals surface area contributed by atoms with Crippen LogP contribution in [0.4, 0.5) is 0 Å². The van der Waals surface area contributed by atoms with Gasteiger partial charge in [-0.15, -0.1) is 0 Å². The molecule has 0 fully saturated rings. The number of aromatic nitrogens is 1. The molecule has 0 spiro atoms. The molecule has 3 aromatic rings. The first-order chi connectivity index (χ1) is 15.8. The lowest BCUT2D eigenvalue weighted by molar-refractivity contribution is -0.136.